The molecule has 2 aromatic heterocycles. The Kier molecular flexibility index (Phi) is 3.54. The molecule has 0 radical (unpaired) electrons. The highest BCUT2D eigenvalue weighted by Crippen LogP contribution is 2.26. The fourth-order valence-electron chi connectivity index (χ4n) is 3.80. The maximum Gasteiger partial charge on any atom is 0.265 e. The van der Waals surface area contributed by atoms with E-state index in [0.717, 1.165) is 33.9 Å². The lowest BCUT2D eigenvalue weighted by atomic mass is 9.97. The summed E-state index contributed by atoms with van der Waals surface area (Å²) in [6, 6.07) is 24.1. The van der Waals surface area contributed by atoms with Gasteiger partial charge in [-0.15, -0.1) is 0 Å². The topological polar surface area (TPSA) is 34.4 Å². The zero-order valence-electron chi connectivity index (χ0n) is 15.0. The third-order valence-corrected chi connectivity index (χ3v) is 5.26. The minimum absolute atomic E-state index is 0.0209. The van der Waals surface area contributed by atoms with Crippen molar-refractivity contribution in [1.29, 1.82) is 0 Å². The average Bonchev–Trinajstić information content (AvgIpc) is 2.70. The quantitative estimate of drug-likeness (QED) is 0.424. The van der Waals surface area contributed by atoms with Crippen LogP contribution in [0, 0.1) is 6.92 Å². The first kappa shape index (κ1) is 15.8. The summed E-state index contributed by atoms with van der Waals surface area (Å²) in [6.45, 7) is 2.12. The van der Waals surface area contributed by atoms with Crippen molar-refractivity contribution in [3.05, 3.63) is 106 Å². The van der Waals surface area contributed by atoms with Crippen LogP contribution in [0.25, 0.3) is 27.3 Å². The first-order valence-electron chi connectivity index (χ1n) is 9.08. The Morgan fingerprint density at radius 1 is 0.852 bits per heavy atom. The second-order valence-corrected chi connectivity index (χ2v) is 6.93. The summed E-state index contributed by atoms with van der Waals surface area (Å²) in [4.78, 5) is 18.0. The lowest BCUT2D eigenvalue weighted by Gasteiger charge is -2.14. The number of aryl methyl sites for hydroxylation is 1. The van der Waals surface area contributed by atoms with Crippen molar-refractivity contribution in [3.8, 4) is 0 Å². The first-order chi connectivity index (χ1) is 13.2. The van der Waals surface area contributed by atoms with Gasteiger partial charge in [0.1, 0.15) is 5.65 Å². The number of hydrogen-bond acceptors (Lipinski definition) is 2. The Balaban J connectivity index is 1.93. The van der Waals surface area contributed by atoms with Crippen LogP contribution in [0.5, 0.6) is 0 Å². The summed E-state index contributed by atoms with van der Waals surface area (Å²) < 4.78 is 1.71. The predicted molar refractivity (Wildman–Crippen MR) is 110 cm³/mol. The van der Waals surface area contributed by atoms with Crippen LogP contribution in [0.4, 0.5) is 0 Å². The first-order valence-corrected chi connectivity index (χ1v) is 9.08. The fourth-order valence-corrected chi connectivity index (χ4v) is 3.80. The van der Waals surface area contributed by atoms with Gasteiger partial charge in [0.15, 0.2) is 0 Å². The summed E-state index contributed by atoms with van der Waals surface area (Å²) in [5.74, 6) is 0. The second-order valence-electron chi connectivity index (χ2n) is 6.93. The number of hydrogen-bond donors (Lipinski definition) is 0. The van der Waals surface area contributed by atoms with E-state index < -0.39 is 0 Å². The molecule has 3 heteroatoms. The van der Waals surface area contributed by atoms with Crippen LogP contribution >= 0.6 is 0 Å². The van der Waals surface area contributed by atoms with Gasteiger partial charge in [-0.3, -0.25) is 9.20 Å². The van der Waals surface area contributed by atoms with Crippen LogP contribution in [0.2, 0.25) is 0 Å². The molecular formula is C24H18N2O. The van der Waals surface area contributed by atoms with Crippen molar-refractivity contribution < 1.29 is 0 Å². The molecule has 5 rings (SSSR count). The van der Waals surface area contributed by atoms with Gasteiger partial charge in [0.25, 0.3) is 5.56 Å². The fraction of sp³-hybridized carbons (Fsp3) is 0.0833. The highest BCUT2D eigenvalue weighted by atomic mass is 16.1. The molecule has 0 bridgehead atoms. The minimum Gasteiger partial charge on any atom is -0.268 e. The largest absolute Gasteiger partial charge is 0.268 e. The Labute approximate surface area is 156 Å². The molecule has 0 aliphatic rings. The smallest absolute Gasteiger partial charge is 0.265 e. The van der Waals surface area contributed by atoms with Gasteiger partial charge >= 0.3 is 0 Å². The molecule has 5 aromatic rings. The van der Waals surface area contributed by atoms with E-state index in [0.29, 0.717) is 5.39 Å². The molecule has 0 aliphatic heterocycles. The molecule has 0 saturated carbocycles. The molecule has 0 N–H and O–H groups in total. The van der Waals surface area contributed by atoms with E-state index in [9.17, 15) is 4.79 Å². The van der Waals surface area contributed by atoms with E-state index in [1.54, 1.807) is 4.40 Å². The van der Waals surface area contributed by atoms with Crippen LogP contribution in [0.1, 0.15) is 16.7 Å². The van der Waals surface area contributed by atoms with Crippen LogP contribution in [0.15, 0.2) is 83.8 Å². The summed E-state index contributed by atoms with van der Waals surface area (Å²) in [6.07, 6.45) is 2.65. The SMILES string of the molecule is Cc1ccccc1Cc1c2ccccc2cn2c(=O)c3ccccc3nc12. The van der Waals surface area contributed by atoms with E-state index in [1.807, 2.05) is 42.6 Å². The molecule has 0 saturated heterocycles. The Morgan fingerprint density at radius 2 is 1.56 bits per heavy atom. The number of pyridine rings is 1. The molecule has 0 unspecified atom stereocenters. The number of aromatic nitrogens is 2. The van der Waals surface area contributed by atoms with Gasteiger partial charge in [-0.2, -0.15) is 0 Å². The van der Waals surface area contributed by atoms with Gasteiger partial charge in [0, 0.05) is 18.2 Å². The molecule has 0 spiro atoms. The molecule has 27 heavy (non-hydrogen) atoms. The van der Waals surface area contributed by atoms with Crippen LogP contribution < -0.4 is 5.56 Å². The number of para-hydroxylation sites is 1. The number of rotatable bonds is 2. The predicted octanol–water partition coefficient (Wildman–Crippen LogP) is 4.90. The van der Waals surface area contributed by atoms with Gasteiger partial charge in [-0.1, -0.05) is 60.7 Å². The summed E-state index contributed by atoms with van der Waals surface area (Å²) in [5.41, 5.74) is 5.03. The summed E-state index contributed by atoms with van der Waals surface area (Å²) in [7, 11) is 0. The van der Waals surface area contributed by atoms with Gasteiger partial charge < -0.3 is 0 Å². The molecule has 0 aliphatic carbocycles. The van der Waals surface area contributed by atoms with E-state index in [-0.39, 0.29) is 5.56 Å². The molecule has 3 nitrogen and oxygen atoms in total. The Morgan fingerprint density at radius 3 is 2.41 bits per heavy atom. The van der Waals surface area contributed by atoms with Gasteiger partial charge in [-0.05, 0) is 41.0 Å². The third-order valence-electron chi connectivity index (χ3n) is 5.26. The highest BCUT2D eigenvalue weighted by molar-refractivity contribution is 5.91. The standard InChI is InChI=1S/C24H18N2O/c1-16-8-2-3-9-17(16)14-21-19-11-5-4-10-18(19)15-26-23(21)25-22-13-7-6-12-20(22)24(26)27/h2-13,15H,14H2,1H3. The Hall–Kier alpha value is -3.46. The molecule has 130 valence electrons. The summed E-state index contributed by atoms with van der Waals surface area (Å²) >= 11 is 0. The van der Waals surface area contributed by atoms with Gasteiger partial charge in [0.2, 0.25) is 0 Å². The molecule has 2 heterocycles. The lowest BCUT2D eigenvalue weighted by molar-refractivity contribution is 1.05. The zero-order valence-corrected chi connectivity index (χ0v) is 15.0. The molecule has 0 amide bonds. The monoisotopic (exact) mass is 350 g/mol. The zero-order chi connectivity index (χ0) is 18.4. The van der Waals surface area contributed by atoms with Gasteiger partial charge in [-0.25, -0.2) is 4.98 Å². The molecule has 0 atom stereocenters. The van der Waals surface area contributed by atoms with Crippen molar-refractivity contribution in [1.82, 2.24) is 9.38 Å². The minimum atomic E-state index is -0.0209. The normalized spacial score (nSPS) is 11.4. The van der Waals surface area contributed by atoms with E-state index >= 15 is 0 Å². The molecule has 0 fully saturated rings. The second kappa shape index (κ2) is 6.06. The van der Waals surface area contributed by atoms with Crippen molar-refractivity contribution in [2.45, 2.75) is 13.3 Å². The maximum atomic E-state index is 13.1. The van der Waals surface area contributed by atoms with E-state index in [2.05, 4.69) is 43.3 Å². The maximum absolute atomic E-state index is 13.1. The molecular weight excluding hydrogens is 332 g/mol. The van der Waals surface area contributed by atoms with Crippen LogP contribution in [-0.2, 0) is 6.42 Å². The third kappa shape index (κ3) is 2.51. The van der Waals surface area contributed by atoms with Crippen molar-refractivity contribution in [2.24, 2.45) is 0 Å². The summed E-state index contributed by atoms with van der Waals surface area (Å²) in [5, 5.41) is 2.84. The number of benzene rings is 3. The lowest BCUT2D eigenvalue weighted by Crippen LogP contribution is -2.17. The van der Waals surface area contributed by atoms with E-state index in [4.69, 9.17) is 4.98 Å². The van der Waals surface area contributed by atoms with Crippen molar-refractivity contribution >= 4 is 27.3 Å². The van der Waals surface area contributed by atoms with Crippen molar-refractivity contribution in [3.63, 3.8) is 0 Å². The van der Waals surface area contributed by atoms with Crippen molar-refractivity contribution in [2.75, 3.05) is 0 Å². The van der Waals surface area contributed by atoms with Crippen LogP contribution in [0.3, 0.4) is 0 Å². The number of fused-ring (bicyclic) bond motifs is 3. The average molecular weight is 350 g/mol. The Bertz CT molecular complexity index is 1380. The molecule has 3 aromatic carbocycles. The van der Waals surface area contributed by atoms with Gasteiger partial charge in [0.05, 0.1) is 10.9 Å². The highest BCUT2D eigenvalue weighted by Gasteiger charge is 2.14. The van der Waals surface area contributed by atoms with E-state index in [1.165, 1.54) is 11.1 Å². The number of nitrogens with zero attached hydrogens (tertiary/aromatic N) is 2. The van der Waals surface area contributed by atoms with Crippen LogP contribution in [-0.4, -0.2) is 9.38 Å².